The van der Waals surface area contributed by atoms with Gasteiger partial charge in [-0.05, 0) is 6.07 Å². The van der Waals surface area contributed by atoms with E-state index in [4.69, 9.17) is 0 Å². The molecule has 0 bridgehead atoms. The number of hydrogen-bond acceptors (Lipinski definition) is 2. The topological polar surface area (TPSA) is 32.1 Å². The van der Waals surface area contributed by atoms with E-state index in [9.17, 15) is 4.91 Å². The molecule has 1 heterocycles. The number of nitrogens with one attached hydrogen (secondary N) is 1. The highest BCUT2D eigenvalue weighted by Gasteiger charge is 2.19. The summed E-state index contributed by atoms with van der Waals surface area (Å²) < 4.78 is 0. The zero-order valence-electron chi connectivity index (χ0n) is 5.78. The third-order valence-corrected chi connectivity index (χ3v) is 2.46. The third kappa shape index (κ3) is 1.21. The summed E-state index contributed by atoms with van der Waals surface area (Å²) in [6.45, 7) is 0.434. The summed E-state index contributed by atoms with van der Waals surface area (Å²) in [7, 11) is 0. The maximum atomic E-state index is 10.8. The Morgan fingerprint density at radius 2 is 2.27 bits per heavy atom. The summed E-state index contributed by atoms with van der Waals surface area (Å²) in [5, 5.41) is 0. The Hall–Kier alpha value is -1.03. The maximum Gasteiger partial charge on any atom is 0.252 e. The minimum atomic E-state index is 0.434. The van der Waals surface area contributed by atoms with Crippen LogP contribution in [0.25, 0.3) is 0 Å². The molecule has 0 spiro atoms. The molecule has 0 aromatic heterocycles. The molecule has 1 aromatic carbocycles. The summed E-state index contributed by atoms with van der Waals surface area (Å²) in [5.74, 6) is 0. The molecule has 1 aliphatic heterocycles. The van der Waals surface area contributed by atoms with Gasteiger partial charge in [-0.15, -0.1) is 0 Å². The highest BCUT2D eigenvalue weighted by Crippen LogP contribution is 2.23. The van der Waals surface area contributed by atoms with Crippen LogP contribution in [-0.4, -0.2) is 4.87 Å². The van der Waals surface area contributed by atoms with Gasteiger partial charge in [0, 0.05) is 22.4 Å². The minimum absolute atomic E-state index is 0.434. The van der Waals surface area contributed by atoms with Crippen LogP contribution in [0.1, 0.15) is 5.56 Å². The first-order chi connectivity index (χ1) is 5.36. The van der Waals surface area contributed by atoms with E-state index in [-0.39, 0.29) is 0 Å². The summed E-state index contributed by atoms with van der Waals surface area (Å²) >= 11 is 1.36. The van der Waals surface area contributed by atoms with Gasteiger partial charge >= 0.3 is 0 Å². The summed E-state index contributed by atoms with van der Waals surface area (Å²) in [4.78, 5) is 15.4. The van der Waals surface area contributed by atoms with Gasteiger partial charge in [0.2, 0.25) is 0 Å². The van der Waals surface area contributed by atoms with Crippen molar-refractivity contribution in [2.45, 2.75) is 11.4 Å². The van der Waals surface area contributed by atoms with E-state index in [0.29, 0.717) is 6.54 Å². The minimum Gasteiger partial charge on any atom is -0.0877 e. The van der Waals surface area contributed by atoms with Gasteiger partial charge in [-0.1, -0.05) is 23.0 Å². The molecule has 3 nitrogen and oxygen atoms in total. The summed E-state index contributed by atoms with van der Waals surface area (Å²) in [5.41, 5.74) is 1.09. The van der Waals surface area contributed by atoms with Crippen LogP contribution in [0.2, 0.25) is 0 Å². The van der Waals surface area contributed by atoms with Crippen LogP contribution in [0.15, 0.2) is 29.2 Å². The first-order valence-corrected chi connectivity index (χ1v) is 4.13. The van der Waals surface area contributed by atoms with Crippen LogP contribution in [0.4, 0.5) is 0 Å². The molecule has 0 aliphatic carbocycles. The van der Waals surface area contributed by atoms with E-state index in [1.807, 2.05) is 24.3 Å². The molecule has 0 unspecified atom stereocenters. The number of benzene rings is 1. The normalized spacial score (nSPS) is 15.5. The molecule has 0 atom stereocenters. The van der Waals surface area contributed by atoms with E-state index >= 15 is 0 Å². The quantitative estimate of drug-likeness (QED) is 0.469. The van der Waals surface area contributed by atoms with Gasteiger partial charge in [-0.2, -0.15) is 0 Å². The van der Waals surface area contributed by atoms with Crippen LogP contribution in [-0.2, 0) is 6.54 Å². The molecule has 1 N–H and O–H groups in total. The smallest absolute Gasteiger partial charge is 0.0877 e. The first kappa shape index (κ1) is 6.67. The molecule has 2 rings (SSSR count). The molecule has 0 saturated carbocycles. The fourth-order valence-corrected chi connectivity index (χ4v) is 1.70. The van der Waals surface area contributed by atoms with E-state index in [1.54, 1.807) is 0 Å². The summed E-state index contributed by atoms with van der Waals surface area (Å²) in [6, 6.07) is 7.88. The highest BCUT2D eigenvalue weighted by atomic mass is 32.2. The monoisotopic (exact) mass is 167 g/mol. The second-order valence-electron chi connectivity index (χ2n) is 2.34. The van der Waals surface area contributed by atoms with Crippen molar-refractivity contribution in [3.8, 4) is 0 Å². The molecular weight excluding hydrogens is 160 g/mol. The van der Waals surface area contributed by atoms with Crippen molar-refractivity contribution in [1.29, 1.82) is 0 Å². The van der Waals surface area contributed by atoms with E-state index < -0.39 is 0 Å². The van der Waals surface area contributed by atoms with Crippen LogP contribution < -0.4 is 4.83 Å². The van der Waals surface area contributed by atoms with E-state index in [2.05, 4.69) is 4.83 Å². The van der Waals surface area contributed by atoms with Crippen LogP contribution in [0.3, 0.4) is 0 Å². The average Bonchev–Trinajstić information content (AvgIpc) is 2.04. The first-order valence-electron chi connectivity index (χ1n) is 3.31. The van der Waals surface area contributed by atoms with Gasteiger partial charge in [0.25, 0.3) is 6.54 Å². The number of hydrogen-bond donors (Lipinski definition) is 1. The second-order valence-corrected chi connectivity index (χ2v) is 3.16. The Bertz CT molecular complexity index is 300. The zero-order valence-corrected chi connectivity index (χ0v) is 6.60. The van der Waals surface area contributed by atoms with Crippen LogP contribution in [0.5, 0.6) is 0 Å². The van der Waals surface area contributed by atoms with Crippen molar-refractivity contribution >= 4 is 11.9 Å². The van der Waals surface area contributed by atoms with Crippen molar-refractivity contribution in [2.75, 3.05) is 0 Å². The average molecular weight is 167 g/mol. The maximum absolute atomic E-state index is 10.8. The Morgan fingerprint density at radius 3 is 3.18 bits per heavy atom. The van der Waals surface area contributed by atoms with Crippen molar-refractivity contribution in [3.05, 3.63) is 34.7 Å². The fourth-order valence-electron chi connectivity index (χ4n) is 1.02. The second kappa shape index (κ2) is 2.54. The lowest BCUT2D eigenvalue weighted by Gasteiger charge is -2.07. The lowest BCUT2D eigenvalue weighted by Crippen LogP contribution is -2.23. The van der Waals surface area contributed by atoms with Crippen LogP contribution >= 0.6 is 11.9 Å². The SMILES string of the molecule is O=[N+]1Cc2ccccc2SN1. The van der Waals surface area contributed by atoms with Crippen LogP contribution in [0, 0.1) is 4.91 Å². The Kier molecular flexibility index (Phi) is 1.54. The Morgan fingerprint density at radius 1 is 1.45 bits per heavy atom. The van der Waals surface area contributed by atoms with Gasteiger partial charge in [-0.3, -0.25) is 0 Å². The predicted molar refractivity (Wildman–Crippen MR) is 42.8 cm³/mol. The molecular formula is C7H7N2OS+. The molecule has 1 aliphatic rings. The molecule has 4 heteroatoms. The van der Waals surface area contributed by atoms with Gasteiger partial charge in [0.05, 0.1) is 4.91 Å². The number of fused-ring (bicyclic) bond motifs is 1. The number of nitroso groups, excluding NO2 is 1. The molecule has 1 aromatic rings. The molecule has 0 saturated heterocycles. The van der Waals surface area contributed by atoms with Gasteiger partial charge in [0.15, 0.2) is 0 Å². The number of hydrazine groups is 1. The largest absolute Gasteiger partial charge is 0.252 e. The highest BCUT2D eigenvalue weighted by molar-refractivity contribution is 7.97. The number of nitrogens with zero attached hydrogens (tertiary/aromatic N) is 1. The van der Waals surface area contributed by atoms with Gasteiger partial charge < -0.3 is 0 Å². The van der Waals surface area contributed by atoms with Crippen molar-refractivity contribution in [1.82, 2.24) is 4.83 Å². The van der Waals surface area contributed by atoms with Crippen molar-refractivity contribution in [3.63, 3.8) is 0 Å². The molecule has 56 valence electrons. The summed E-state index contributed by atoms with van der Waals surface area (Å²) in [6.07, 6.45) is 0. The molecule has 0 radical (unpaired) electrons. The predicted octanol–water partition coefficient (Wildman–Crippen LogP) is 1.49. The van der Waals surface area contributed by atoms with Crippen molar-refractivity contribution in [2.24, 2.45) is 0 Å². The molecule has 0 amide bonds. The lowest BCUT2D eigenvalue weighted by molar-refractivity contribution is -0.600. The third-order valence-electron chi connectivity index (χ3n) is 1.54. The standard InChI is InChI=1S/C7H7N2OS/c10-9-5-6-3-1-2-4-7(6)11-8-9/h1-4H,5H2,(H,8,10)/q+1. The van der Waals surface area contributed by atoms with Crippen molar-refractivity contribution < 1.29 is 4.87 Å². The molecule has 0 fully saturated rings. The van der Waals surface area contributed by atoms with Gasteiger partial charge in [0.1, 0.15) is 4.87 Å². The fraction of sp³-hybridized carbons (Fsp3) is 0.143. The van der Waals surface area contributed by atoms with Gasteiger partial charge in [-0.25, -0.2) is 0 Å². The van der Waals surface area contributed by atoms with E-state index in [0.717, 1.165) is 15.3 Å². The number of rotatable bonds is 0. The Labute approximate surface area is 68.5 Å². The zero-order chi connectivity index (χ0) is 7.68. The molecule has 11 heavy (non-hydrogen) atoms. The van der Waals surface area contributed by atoms with E-state index in [1.165, 1.54) is 11.9 Å². The Balaban J connectivity index is 2.41. The lowest BCUT2D eigenvalue weighted by atomic mass is 10.2.